The molecular formula is C15H23NO2. The van der Waals surface area contributed by atoms with Crippen molar-refractivity contribution in [3.63, 3.8) is 0 Å². The zero-order chi connectivity index (χ0) is 13.4. The van der Waals surface area contributed by atoms with Crippen LogP contribution in [-0.2, 0) is 0 Å². The lowest BCUT2D eigenvalue weighted by atomic mass is 9.95. The van der Waals surface area contributed by atoms with Crippen molar-refractivity contribution in [2.24, 2.45) is 5.92 Å². The molecular weight excluding hydrogens is 226 g/mol. The predicted molar refractivity (Wildman–Crippen MR) is 73.0 cm³/mol. The molecule has 1 heterocycles. The van der Waals surface area contributed by atoms with Gasteiger partial charge in [0.1, 0.15) is 5.75 Å². The average molecular weight is 249 g/mol. The Balaban J connectivity index is 2.67. The van der Waals surface area contributed by atoms with Gasteiger partial charge in [0.25, 0.3) is 0 Å². The Morgan fingerprint density at radius 2 is 2.11 bits per heavy atom. The van der Waals surface area contributed by atoms with Crippen LogP contribution >= 0.6 is 0 Å². The van der Waals surface area contributed by atoms with Gasteiger partial charge in [-0.05, 0) is 18.9 Å². The summed E-state index contributed by atoms with van der Waals surface area (Å²) >= 11 is 0. The predicted octanol–water partition coefficient (Wildman–Crippen LogP) is 3.88. The number of rotatable bonds is 8. The van der Waals surface area contributed by atoms with Crippen LogP contribution in [-0.4, -0.2) is 17.4 Å². The Kier molecular flexibility index (Phi) is 6.40. The first-order valence-electron chi connectivity index (χ1n) is 6.81. The second kappa shape index (κ2) is 7.85. The number of aromatic nitrogens is 1. The molecule has 18 heavy (non-hydrogen) atoms. The van der Waals surface area contributed by atoms with Crippen molar-refractivity contribution in [3.05, 3.63) is 24.0 Å². The summed E-state index contributed by atoms with van der Waals surface area (Å²) in [5.74, 6) is 0.913. The van der Waals surface area contributed by atoms with Gasteiger partial charge in [-0.1, -0.05) is 33.6 Å². The van der Waals surface area contributed by atoms with Crippen LogP contribution < -0.4 is 4.74 Å². The van der Waals surface area contributed by atoms with Gasteiger partial charge in [-0.2, -0.15) is 0 Å². The molecule has 100 valence electrons. The molecule has 1 unspecified atom stereocenters. The summed E-state index contributed by atoms with van der Waals surface area (Å²) in [6, 6.07) is 1.80. The molecule has 1 aromatic heterocycles. The number of Topliss-reactive ketones (excluding diaryl/α,β-unsaturated/α-hetero) is 1. The molecule has 3 heteroatoms. The van der Waals surface area contributed by atoms with Gasteiger partial charge in [0.15, 0.2) is 5.78 Å². The smallest absolute Gasteiger partial charge is 0.167 e. The maximum absolute atomic E-state index is 12.2. The van der Waals surface area contributed by atoms with Crippen LogP contribution in [0.15, 0.2) is 18.5 Å². The third-order valence-corrected chi connectivity index (χ3v) is 2.91. The minimum atomic E-state index is 0.0631. The number of ether oxygens (including phenoxy) is 1. The van der Waals surface area contributed by atoms with E-state index in [1.807, 2.05) is 6.92 Å². The van der Waals surface area contributed by atoms with E-state index in [1.165, 1.54) is 0 Å². The molecule has 0 saturated carbocycles. The van der Waals surface area contributed by atoms with E-state index in [2.05, 4.69) is 18.8 Å². The van der Waals surface area contributed by atoms with Crippen molar-refractivity contribution in [1.82, 2.24) is 4.98 Å². The number of pyridine rings is 1. The normalized spacial score (nSPS) is 12.2. The van der Waals surface area contributed by atoms with E-state index in [4.69, 9.17) is 4.74 Å². The summed E-state index contributed by atoms with van der Waals surface area (Å²) in [6.07, 6.45) is 7.38. The van der Waals surface area contributed by atoms with Gasteiger partial charge in [0.05, 0.1) is 12.8 Å². The molecule has 0 bridgehead atoms. The fraction of sp³-hybridized carbons (Fsp3) is 0.600. The molecule has 1 aromatic rings. The van der Waals surface area contributed by atoms with Gasteiger partial charge in [-0.15, -0.1) is 0 Å². The summed E-state index contributed by atoms with van der Waals surface area (Å²) in [7, 11) is 0. The van der Waals surface area contributed by atoms with Crippen molar-refractivity contribution in [2.45, 2.75) is 46.5 Å². The third kappa shape index (κ3) is 4.47. The summed E-state index contributed by atoms with van der Waals surface area (Å²) in [6.45, 7) is 6.83. The number of nitrogens with zero attached hydrogens (tertiary/aromatic N) is 1. The first kappa shape index (κ1) is 14.7. The van der Waals surface area contributed by atoms with E-state index in [0.717, 1.165) is 25.7 Å². The third-order valence-electron chi connectivity index (χ3n) is 2.91. The van der Waals surface area contributed by atoms with Crippen LogP contribution in [0, 0.1) is 5.92 Å². The quantitative estimate of drug-likeness (QED) is 0.656. The highest BCUT2D eigenvalue weighted by molar-refractivity contribution is 5.97. The SMILES string of the molecule is CCCCC(C)C(=O)c1cncc(OCCC)c1. The van der Waals surface area contributed by atoms with Crippen molar-refractivity contribution in [2.75, 3.05) is 6.61 Å². The second-order valence-corrected chi connectivity index (χ2v) is 4.67. The van der Waals surface area contributed by atoms with E-state index in [0.29, 0.717) is 17.9 Å². The van der Waals surface area contributed by atoms with Gasteiger partial charge >= 0.3 is 0 Å². The van der Waals surface area contributed by atoms with Crippen molar-refractivity contribution >= 4 is 5.78 Å². The zero-order valence-corrected chi connectivity index (χ0v) is 11.6. The maximum atomic E-state index is 12.2. The first-order chi connectivity index (χ1) is 8.69. The maximum Gasteiger partial charge on any atom is 0.167 e. The molecule has 3 nitrogen and oxygen atoms in total. The lowest BCUT2D eigenvalue weighted by Crippen LogP contribution is -2.12. The molecule has 0 N–H and O–H groups in total. The van der Waals surface area contributed by atoms with E-state index in [1.54, 1.807) is 18.5 Å². The monoisotopic (exact) mass is 249 g/mol. The van der Waals surface area contributed by atoms with Gasteiger partial charge in [-0.25, -0.2) is 0 Å². The number of carbonyl (C=O) groups excluding carboxylic acids is 1. The molecule has 0 saturated heterocycles. The summed E-state index contributed by atoms with van der Waals surface area (Å²) < 4.78 is 5.49. The number of hydrogen-bond acceptors (Lipinski definition) is 3. The van der Waals surface area contributed by atoms with Gasteiger partial charge in [0, 0.05) is 17.7 Å². The highest BCUT2D eigenvalue weighted by Crippen LogP contribution is 2.18. The topological polar surface area (TPSA) is 39.2 Å². The Bertz CT molecular complexity index is 377. The minimum Gasteiger partial charge on any atom is -0.492 e. The van der Waals surface area contributed by atoms with Crippen LogP contribution in [0.3, 0.4) is 0 Å². The lowest BCUT2D eigenvalue weighted by Gasteiger charge is -2.10. The first-order valence-corrected chi connectivity index (χ1v) is 6.81. The fourth-order valence-electron chi connectivity index (χ4n) is 1.78. The van der Waals surface area contributed by atoms with Crippen LogP contribution in [0.1, 0.15) is 56.8 Å². The Hall–Kier alpha value is -1.38. The zero-order valence-electron chi connectivity index (χ0n) is 11.6. The minimum absolute atomic E-state index is 0.0631. The van der Waals surface area contributed by atoms with Crippen LogP contribution in [0.5, 0.6) is 5.75 Å². The average Bonchev–Trinajstić information content (AvgIpc) is 2.42. The lowest BCUT2D eigenvalue weighted by molar-refractivity contribution is 0.0922. The molecule has 0 aliphatic heterocycles. The summed E-state index contributed by atoms with van der Waals surface area (Å²) in [4.78, 5) is 16.3. The Labute approximate surface area is 110 Å². The number of hydrogen-bond donors (Lipinski definition) is 0. The van der Waals surface area contributed by atoms with Crippen molar-refractivity contribution in [3.8, 4) is 5.75 Å². The molecule has 0 radical (unpaired) electrons. The molecule has 0 spiro atoms. The number of carbonyl (C=O) groups is 1. The summed E-state index contributed by atoms with van der Waals surface area (Å²) in [5.41, 5.74) is 0.659. The fourth-order valence-corrected chi connectivity index (χ4v) is 1.78. The van der Waals surface area contributed by atoms with Crippen molar-refractivity contribution < 1.29 is 9.53 Å². The highest BCUT2D eigenvalue weighted by Gasteiger charge is 2.15. The Morgan fingerprint density at radius 1 is 1.33 bits per heavy atom. The van der Waals surface area contributed by atoms with E-state index >= 15 is 0 Å². The van der Waals surface area contributed by atoms with Crippen molar-refractivity contribution in [1.29, 1.82) is 0 Å². The van der Waals surface area contributed by atoms with Gasteiger partial charge in [0.2, 0.25) is 0 Å². The van der Waals surface area contributed by atoms with Crippen LogP contribution in [0.25, 0.3) is 0 Å². The second-order valence-electron chi connectivity index (χ2n) is 4.67. The van der Waals surface area contributed by atoms with E-state index < -0.39 is 0 Å². The van der Waals surface area contributed by atoms with Crippen LogP contribution in [0.4, 0.5) is 0 Å². The number of ketones is 1. The molecule has 0 aromatic carbocycles. The van der Waals surface area contributed by atoms with E-state index in [9.17, 15) is 4.79 Å². The van der Waals surface area contributed by atoms with Gasteiger partial charge < -0.3 is 4.74 Å². The summed E-state index contributed by atoms with van der Waals surface area (Å²) in [5, 5.41) is 0. The van der Waals surface area contributed by atoms with Crippen LogP contribution in [0.2, 0.25) is 0 Å². The van der Waals surface area contributed by atoms with Gasteiger partial charge in [-0.3, -0.25) is 9.78 Å². The van der Waals surface area contributed by atoms with E-state index in [-0.39, 0.29) is 11.7 Å². The largest absolute Gasteiger partial charge is 0.492 e. The highest BCUT2D eigenvalue weighted by atomic mass is 16.5. The molecule has 0 aliphatic rings. The molecule has 1 atom stereocenters. The molecule has 0 amide bonds. The number of unbranched alkanes of at least 4 members (excludes halogenated alkanes) is 1. The molecule has 0 fully saturated rings. The molecule has 0 aliphatic carbocycles. The standard InChI is InChI=1S/C15H23NO2/c1-4-6-7-12(3)15(17)13-9-14(11-16-10-13)18-8-5-2/h9-12H,4-8H2,1-3H3. The molecule has 1 rings (SSSR count). The Morgan fingerprint density at radius 3 is 2.78 bits per heavy atom.